The van der Waals surface area contributed by atoms with Gasteiger partial charge in [-0.2, -0.15) is 4.31 Å². The number of nitro groups is 1. The number of hydrogen-bond acceptors (Lipinski definition) is 7. The first kappa shape index (κ1) is 20.0. The van der Waals surface area contributed by atoms with Gasteiger partial charge in [-0.3, -0.25) is 10.1 Å². The van der Waals surface area contributed by atoms with Crippen LogP contribution in [-0.4, -0.2) is 42.8 Å². The first-order valence-corrected chi connectivity index (χ1v) is 10.4. The van der Waals surface area contributed by atoms with E-state index in [0.717, 1.165) is 30.9 Å². The first-order chi connectivity index (χ1) is 13.4. The van der Waals surface area contributed by atoms with Crippen LogP contribution in [-0.2, 0) is 16.6 Å². The SMILES string of the molecule is COc1ncccc1CNc1ccc(S(=O)(=O)N2CCCCC2)cc1[N+](=O)[O-]. The number of nitrogens with zero attached hydrogens (tertiary/aromatic N) is 3. The molecule has 1 aliphatic rings. The Morgan fingerprint density at radius 3 is 2.68 bits per heavy atom. The van der Waals surface area contributed by atoms with Crippen molar-refractivity contribution < 1.29 is 18.1 Å². The fourth-order valence-electron chi connectivity index (χ4n) is 3.16. The fraction of sp³-hybridized carbons (Fsp3) is 0.389. The number of sulfonamides is 1. The summed E-state index contributed by atoms with van der Waals surface area (Å²) in [7, 11) is -2.25. The minimum absolute atomic E-state index is 0.0643. The Labute approximate surface area is 163 Å². The summed E-state index contributed by atoms with van der Waals surface area (Å²) < 4.78 is 32.2. The van der Waals surface area contributed by atoms with Crippen LogP contribution in [0.15, 0.2) is 41.4 Å². The van der Waals surface area contributed by atoms with Gasteiger partial charge in [-0.05, 0) is 31.0 Å². The molecule has 0 unspecified atom stereocenters. The largest absolute Gasteiger partial charge is 0.481 e. The zero-order chi connectivity index (χ0) is 20.1. The van der Waals surface area contributed by atoms with Crippen molar-refractivity contribution in [3.05, 3.63) is 52.2 Å². The van der Waals surface area contributed by atoms with Crippen molar-refractivity contribution >= 4 is 21.4 Å². The number of pyridine rings is 1. The summed E-state index contributed by atoms with van der Waals surface area (Å²) >= 11 is 0. The minimum atomic E-state index is -3.74. The lowest BCUT2D eigenvalue weighted by Crippen LogP contribution is -2.35. The van der Waals surface area contributed by atoms with Crippen molar-refractivity contribution in [2.75, 3.05) is 25.5 Å². The number of anilines is 1. The van der Waals surface area contributed by atoms with Gasteiger partial charge in [0.2, 0.25) is 15.9 Å². The summed E-state index contributed by atoms with van der Waals surface area (Å²) in [5.74, 6) is 0.418. The topological polar surface area (TPSA) is 115 Å². The third-order valence-corrected chi connectivity index (χ3v) is 6.53. The van der Waals surface area contributed by atoms with E-state index in [1.54, 1.807) is 18.3 Å². The molecule has 28 heavy (non-hydrogen) atoms. The molecule has 0 bridgehead atoms. The number of hydrogen-bond donors (Lipinski definition) is 1. The van der Waals surface area contributed by atoms with Crippen LogP contribution in [0.1, 0.15) is 24.8 Å². The van der Waals surface area contributed by atoms with Crippen LogP contribution in [0, 0.1) is 10.1 Å². The van der Waals surface area contributed by atoms with E-state index < -0.39 is 14.9 Å². The van der Waals surface area contributed by atoms with E-state index >= 15 is 0 Å². The molecule has 0 saturated carbocycles. The summed E-state index contributed by atoms with van der Waals surface area (Å²) in [6, 6.07) is 7.48. The number of nitro benzene ring substituents is 1. The second-order valence-electron chi connectivity index (χ2n) is 6.43. The van der Waals surface area contributed by atoms with Crippen molar-refractivity contribution in [3.63, 3.8) is 0 Å². The highest BCUT2D eigenvalue weighted by atomic mass is 32.2. The molecule has 1 aromatic heterocycles. The summed E-state index contributed by atoms with van der Waals surface area (Å²) in [6.45, 7) is 1.13. The van der Waals surface area contributed by atoms with E-state index in [1.165, 1.54) is 23.5 Å². The van der Waals surface area contributed by atoms with E-state index in [9.17, 15) is 18.5 Å². The van der Waals surface area contributed by atoms with Gasteiger partial charge < -0.3 is 10.1 Å². The normalized spacial score (nSPS) is 15.2. The van der Waals surface area contributed by atoms with Gasteiger partial charge in [0.25, 0.3) is 5.69 Å². The lowest BCUT2D eigenvalue weighted by atomic mass is 10.2. The van der Waals surface area contributed by atoms with Crippen molar-refractivity contribution in [2.45, 2.75) is 30.7 Å². The average Bonchev–Trinajstić information content (AvgIpc) is 2.72. The van der Waals surface area contributed by atoms with Crippen molar-refractivity contribution in [2.24, 2.45) is 0 Å². The highest BCUT2D eigenvalue weighted by Gasteiger charge is 2.28. The Hall–Kier alpha value is -2.72. The van der Waals surface area contributed by atoms with Gasteiger partial charge in [-0.25, -0.2) is 13.4 Å². The Bertz CT molecular complexity index is 958. The molecular weight excluding hydrogens is 384 g/mol. The number of methoxy groups -OCH3 is 1. The predicted octanol–water partition coefficient (Wildman–Crippen LogP) is 2.79. The van der Waals surface area contributed by atoms with Crippen LogP contribution in [0.3, 0.4) is 0 Å². The van der Waals surface area contributed by atoms with Crippen LogP contribution in [0.25, 0.3) is 0 Å². The quantitative estimate of drug-likeness (QED) is 0.555. The van der Waals surface area contributed by atoms with Crippen LogP contribution in [0.4, 0.5) is 11.4 Å². The number of aromatic nitrogens is 1. The molecule has 1 aliphatic heterocycles. The van der Waals surface area contributed by atoms with Gasteiger partial charge in [0.1, 0.15) is 5.69 Å². The lowest BCUT2D eigenvalue weighted by molar-refractivity contribution is -0.384. The van der Waals surface area contributed by atoms with E-state index in [0.29, 0.717) is 19.0 Å². The molecule has 0 atom stereocenters. The number of piperidine rings is 1. The zero-order valence-electron chi connectivity index (χ0n) is 15.5. The average molecular weight is 406 g/mol. The maximum absolute atomic E-state index is 12.8. The molecule has 0 aliphatic carbocycles. The molecule has 1 saturated heterocycles. The van der Waals surface area contributed by atoms with Crippen molar-refractivity contribution in [1.29, 1.82) is 0 Å². The standard InChI is InChI=1S/C18H22N4O5S/c1-27-18-14(6-5-9-19-18)13-20-16-8-7-15(12-17(16)22(23)24)28(25,26)21-10-3-2-4-11-21/h5-9,12,20H,2-4,10-11,13H2,1H3. The van der Waals surface area contributed by atoms with Crippen LogP contribution >= 0.6 is 0 Å². The van der Waals surface area contributed by atoms with E-state index in [4.69, 9.17) is 4.74 Å². The van der Waals surface area contributed by atoms with Crippen molar-refractivity contribution in [1.82, 2.24) is 9.29 Å². The van der Waals surface area contributed by atoms with Crippen LogP contribution in [0.2, 0.25) is 0 Å². The maximum atomic E-state index is 12.8. The summed E-state index contributed by atoms with van der Waals surface area (Å²) in [5.41, 5.74) is 0.666. The fourth-order valence-corrected chi connectivity index (χ4v) is 4.70. The second kappa shape index (κ2) is 8.53. The number of benzene rings is 1. The van der Waals surface area contributed by atoms with Gasteiger partial charge in [0.15, 0.2) is 0 Å². The molecule has 2 heterocycles. The summed E-state index contributed by atoms with van der Waals surface area (Å²) in [5, 5.41) is 14.5. The molecule has 0 spiro atoms. The molecule has 1 N–H and O–H groups in total. The highest BCUT2D eigenvalue weighted by Crippen LogP contribution is 2.30. The van der Waals surface area contributed by atoms with Gasteiger partial charge in [0.05, 0.1) is 16.9 Å². The Morgan fingerprint density at radius 1 is 1.25 bits per heavy atom. The third-order valence-electron chi connectivity index (χ3n) is 4.63. The Kier molecular flexibility index (Phi) is 6.10. The summed E-state index contributed by atoms with van der Waals surface area (Å²) in [4.78, 5) is 15.0. The number of ether oxygens (including phenoxy) is 1. The van der Waals surface area contributed by atoms with Gasteiger partial charge in [-0.15, -0.1) is 0 Å². The van der Waals surface area contributed by atoms with Gasteiger partial charge in [0, 0.05) is 37.5 Å². The summed E-state index contributed by atoms with van der Waals surface area (Å²) in [6.07, 6.45) is 4.18. The van der Waals surface area contributed by atoms with Gasteiger partial charge in [-0.1, -0.05) is 12.5 Å². The first-order valence-electron chi connectivity index (χ1n) is 8.94. The zero-order valence-corrected chi connectivity index (χ0v) is 16.3. The maximum Gasteiger partial charge on any atom is 0.293 e. The smallest absolute Gasteiger partial charge is 0.293 e. The lowest BCUT2D eigenvalue weighted by Gasteiger charge is -2.25. The highest BCUT2D eigenvalue weighted by molar-refractivity contribution is 7.89. The molecule has 150 valence electrons. The molecule has 10 heteroatoms. The van der Waals surface area contributed by atoms with Crippen LogP contribution < -0.4 is 10.1 Å². The van der Waals surface area contributed by atoms with E-state index in [2.05, 4.69) is 10.3 Å². The van der Waals surface area contributed by atoms with Crippen molar-refractivity contribution in [3.8, 4) is 5.88 Å². The molecular formula is C18H22N4O5S. The monoisotopic (exact) mass is 406 g/mol. The van der Waals surface area contributed by atoms with E-state index in [1.807, 2.05) is 0 Å². The molecule has 0 amide bonds. The second-order valence-corrected chi connectivity index (χ2v) is 8.36. The Balaban J connectivity index is 1.86. The van der Waals surface area contributed by atoms with Gasteiger partial charge >= 0.3 is 0 Å². The minimum Gasteiger partial charge on any atom is -0.481 e. The third kappa shape index (κ3) is 4.23. The number of rotatable bonds is 7. The molecule has 9 nitrogen and oxygen atoms in total. The van der Waals surface area contributed by atoms with Crippen LogP contribution in [0.5, 0.6) is 5.88 Å². The molecule has 1 fully saturated rings. The van der Waals surface area contributed by atoms with E-state index in [-0.39, 0.29) is 22.8 Å². The predicted molar refractivity (Wildman–Crippen MR) is 104 cm³/mol. The Morgan fingerprint density at radius 2 is 2.00 bits per heavy atom. The molecule has 0 radical (unpaired) electrons. The molecule has 2 aromatic rings. The molecule has 3 rings (SSSR count). The number of nitrogens with one attached hydrogen (secondary N) is 1. The molecule has 1 aromatic carbocycles.